The number of hydrogen-bond donors (Lipinski definition) is 1. The maximum atomic E-state index is 11.5. The van der Waals surface area contributed by atoms with Gasteiger partial charge in [-0.15, -0.1) is 11.3 Å². The molecule has 0 saturated carbocycles. The molecule has 4 nitrogen and oxygen atoms in total. The molecule has 1 saturated heterocycles. The van der Waals surface area contributed by atoms with Gasteiger partial charge in [-0.25, -0.2) is 9.78 Å². The first-order valence-electron chi connectivity index (χ1n) is 9.19. The summed E-state index contributed by atoms with van der Waals surface area (Å²) in [5.74, 6) is -0.895. The molecule has 1 N–H and O–H groups in total. The smallest absolute Gasteiger partial charge is 0.336 e. The normalized spacial score (nSPS) is 17.3. The van der Waals surface area contributed by atoms with E-state index in [4.69, 9.17) is 0 Å². The minimum atomic E-state index is -0.895. The summed E-state index contributed by atoms with van der Waals surface area (Å²) >= 11 is 1.76. The number of aromatic nitrogens is 1. The van der Waals surface area contributed by atoms with E-state index < -0.39 is 5.97 Å². The Morgan fingerprint density at radius 1 is 1.22 bits per heavy atom. The van der Waals surface area contributed by atoms with E-state index in [9.17, 15) is 9.90 Å². The first-order valence-corrected chi connectivity index (χ1v) is 10.1. The monoisotopic (exact) mass is 378 g/mol. The molecule has 2 heterocycles. The Labute approximate surface area is 163 Å². The summed E-state index contributed by atoms with van der Waals surface area (Å²) in [4.78, 5) is 18.6. The highest BCUT2D eigenvalue weighted by molar-refractivity contribution is 7.09. The number of carboxylic acid groups (broad SMARTS) is 1. The second kappa shape index (κ2) is 7.62. The second-order valence-corrected chi connectivity index (χ2v) is 7.89. The van der Waals surface area contributed by atoms with Crippen molar-refractivity contribution in [2.45, 2.75) is 32.4 Å². The number of thiazole rings is 1. The van der Waals surface area contributed by atoms with Crippen LogP contribution >= 0.6 is 11.3 Å². The van der Waals surface area contributed by atoms with Crippen molar-refractivity contribution in [3.8, 4) is 11.1 Å². The van der Waals surface area contributed by atoms with Gasteiger partial charge in [0.2, 0.25) is 0 Å². The zero-order chi connectivity index (χ0) is 18.8. The number of aryl methyl sites for hydroxylation is 1. The molecule has 0 amide bonds. The molecule has 1 fully saturated rings. The van der Waals surface area contributed by atoms with Crippen LogP contribution in [0.2, 0.25) is 0 Å². The minimum absolute atomic E-state index is 0.337. The van der Waals surface area contributed by atoms with Crippen LogP contribution in [0.4, 0.5) is 0 Å². The van der Waals surface area contributed by atoms with Gasteiger partial charge in [0.1, 0.15) is 5.01 Å². The van der Waals surface area contributed by atoms with Crippen molar-refractivity contribution >= 4 is 17.3 Å². The number of carboxylic acids is 1. The van der Waals surface area contributed by atoms with Gasteiger partial charge in [0.05, 0.1) is 11.6 Å². The van der Waals surface area contributed by atoms with Gasteiger partial charge in [0.25, 0.3) is 0 Å². The second-order valence-electron chi connectivity index (χ2n) is 7.00. The molecule has 0 spiro atoms. The fourth-order valence-corrected chi connectivity index (χ4v) is 4.73. The maximum Gasteiger partial charge on any atom is 0.336 e. The minimum Gasteiger partial charge on any atom is -0.478 e. The molecule has 1 aliphatic heterocycles. The van der Waals surface area contributed by atoms with Crippen molar-refractivity contribution < 1.29 is 9.90 Å². The van der Waals surface area contributed by atoms with E-state index in [1.807, 2.05) is 31.2 Å². The fourth-order valence-electron chi connectivity index (χ4n) is 3.77. The van der Waals surface area contributed by atoms with Crippen LogP contribution in [0.3, 0.4) is 0 Å². The van der Waals surface area contributed by atoms with Crippen LogP contribution < -0.4 is 0 Å². The quantitative estimate of drug-likeness (QED) is 0.667. The molecule has 5 heteroatoms. The Morgan fingerprint density at radius 3 is 2.70 bits per heavy atom. The van der Waals surface area contributed by atoms with Crippen molar-refractivity contribution in [2.75, 3.05) is 6.54 Å². The lowest BCUT2D eigenvalue weighted by molar-refractivity contribution is 0.0697. The summed E-state index contributed by atoms with van der Waals surface area (Å²) in [6.07, 6.45) is 2.37. The Kier molecular flexibility index (Phi) is 5.05. The third kappa shape index (κ3) is 3.80. The lowest BCUT2D eigenvalue weighted by Gasteiger charge is -2.23. The zero-order valence-corrected chi connectivity index (χ0v) is 16.1. The summed E-state index contributed by atoms with van der Waals surface area (Å²) in [5, 5.41) is 12.7. The van der Waals surface area contributed by atoms with Gasteiger partial charge in [-0.2, -0.15) is 0 Å². The van der Waals surface area contributed by atoms with Crippen molar-refractivity contribution in [1.82, 2.24) is 9.88 Å². The Hall–Kier alpha value is -2.50. The van der Waals surface area contributed by atoms with E-state index in [-0.39, 0.29) is 0 Å². The van der Waals surface area contributed by atoms with Crippen LogP contribution in [0.25, 0.3) is 11.1 Å². The van der Waals surface area contributed by atoms with Crippen LogP contribution in [0, 0.1) is 6.92 Å². The van der Waals surface area contributed by atoms with E-state index in [0.29, 0.717) is 11.6 Å². The molecule has 2 aromatic carbocycles. The van der Waals surface area contributed by atoms with Crippen LogP contribution in [0.1, 0.15) is 45.5 Å². The molecule has 3 aromatic rings. The highest BCUT2D eigenvalue weighted by atomic mass is 32.1. The van der Waals surface area contributed by atoms with Gasteiger partial charge >= 0.3 is 5.97 Å². The SMILES string of the molecule is Cc1csc(C2CCCN2Cc2ccc(-c3ccccc3C(=O)O)cc2)n1. The molecule has 4 rings (SSSR count). The molecule has 1 aliphatic rings. The summed E-state index contributed by atoms with van der Waals surface area (Å²) < 4.78 is 0. The first-order chi connectivity index (χ1) is 13.1. The summed E-state index contributed by atoms with van der Waals surface area (Å²) in [6, 6.07) is 15.8. The van der Waals surface area contributed by atoms with Crippen molar-refractivity contribution in [1.29, 1.82) is 0 Å². The molecule has 1 atom stereocenters. The molecular weight excluding hydrogens is 356 g/mol. The van der Waals surface area contributed by atoms with Gasteiger partial charge < -0.3 is 5.11 Å². The standard InChI is InChI=1S/C22H22N2O2S/c1-15-14-27-21(23-15)20-7-4-12-24(20)13-16-8-10-17(11-9-16)18-5-2-3-6-19(18)22(25)26/h2-3,5-6,8-11,14,20H,4,7,12-13H2,1H3,(H,25,26). The van der Waals surface area contributed by atoms with Gasteiger partial charge in [-0.3, -0.25) is 4.90 Å². The summed E-state index contributed by atoms with van der Waals surface area (Å²) in [6.45, 7) is 4.03. The average Bonchev–Trinajstić information content (AvgIpc) is 3.31. The van der Waals surface area contributed by atoms with E-state index in [1.165, 1.54) is 17.0 Å². The number of nitrogens with zero attached hydrogens (tertiary/aromatic N) is 2. The molecule has 0 radical (unpaired) electrons. The highest BCUT2D eigenvalue weighted by Gasteiger charge is 2.28. The summed E-state index contributed by atoms with van der Waals surface area (Å²) in [5.41, 5.74) is 4.37. The Morgan fingerprint density at radius 2 is 2.00 bits per heavy atom. The van der Waals surface area contributed by atoms with Crippen LogP contribution in [0.5, 0.6) is 0 Å². The molecular formula is C22H22N2O2S. The zero-order valence-electron chi connectivity index (χ0n) is 15.3. The Balaban J connectivity index is 1.52. The van der Waals surface area contributed by atoms with Gasteiger partial charge in [-0.05, 0) is 49.1 Å². The van der Waals surface area contributed by atoms with Crippen molar-refractivity contribution in [2.24, 2.45) is 0 Å². The van der Waals surface area contributed by atoms with Crippen LogP contribution in [-0.2, 0) is 6.54 Å². The number of rotatable bonds is 5. The number of benzene rings is 2. The van der Waals surface area contributed by atoms with Crippen molar-refractivity contribution in [3.63, 3.8) is 0 Å². The summed E-state index contributed by atoms with van der Waals surface area (Å²) in [7, 11) is 0. The van der Waals surface area contributed by atoms with Crippen molar-refractivity contribution in [3.05, 3.63) is 75.7 Å². The van der Waals surface area contributed by atoms with Crippen LogP contribution in [-0.4, -0.2) is 27.5 Å². The van der Waals surface area contributed by atoms with Gasteiger partial charge in [0.15, 0.2) is 0 Å². The predicted molar refractivity (Wildman–Crippen MR) is 108 cm³/mol. The number of hydrogen-bond acceptors (Lipinski definition) is 4. The van der Waals surface area contributed by atoms with Crippen LogP contribution in [0.15, 0.2) is 53.9 Å². The van der Waals surface area contributed by atoms with Gasteiger partial charge in [-0.1, -0.05) is 42.5 Å². The van der Waals surface area contributed by atoms with E-state index in [1.54, 1.807) is 23.5 Å². The fraction of sp³-hybridized carbons (Fsp3) is 0.273. The number of likely N-dealkylation sites (tertiary alicyclic amines) is 1. The molecule has 0 aliphatic carbocycles. The van der Waals surface area contributed by atoms with Gasteiger partial charge in [0, 0.05) is 17.6 Å². The van der Waals surface area contributed by atoms with E-state index >= 15 is 0 Å². The largest absolute Gasteiger partial charge is 0.478 e. The molecule has 1 aromatic heterocycles. The van der Waals surface area contributed by atoms with E-state index in [0.717, 1.165) is 36.3 Å². The molecule has 1 unspecified atom stereocenters. The lowest BCUT2D eigenvalue weighted by atomic mass is 9.98. The van der Waals surface area contributed by atoms with E-state index in [2.05, 4.69) is 27.4 Å². The third-order valence-corrected chi connectivity index (χ3v) is 6.16. The lowest BCUT2D eigenvalue weighted by Crippen LogP contribution is -2.22. The predicted octanol–water partition coefficient (Wildman–Crippen LogP) is 5.15. The maximum absolute atomic E-state index is 11.5. The average molecular weight is 378 g/mol. The molecule has 27 heavy (non-hydrogen) atoms. The highest BCUT2D eigenvalue weighted by Crippen LogP contribution is 2.35. The topological polar surface area (TPSA) is 53.4 Å². The Bertz CT molecular complexity index is 949. The molecule has 138 valence electrons. The third-order valence-electron chi connectivity index (χ3n) is 5.09. The first kappa shape index (κ1) is 17.9. The number of carbonyl (C=O) groups is 1. The molecule has 0 bridgehead atoms. The number of aromatic carboxylic acids is 1.